The van der Waals surface area contributed by atoms with E-state index in [1.807, 2.05) is 0 Å². The predicted octanol–water partition coefficient (Wildman–Crippen LogP) is 1.59. The second kappa shape index (κ2) is 6.20. The van der Waals surface area contributed by atoms with Crippen molar-refractivity contribution >= 4 is 11.9 Å². The van der Waals surface area contributed by atoms with E-state index in [2.05, 4.69) is 10.1 Å². The number of amides is 1. The van der Waals surface area contributed by atoms with Crippen LogP contribution in [0, 0.1) is 5.92 Å². The first-order valence-electron chi connectivity index (χ1n) is 7.59. The highest BCUT2D eigenvalue weighted by Crippen LogP contribution is 2.25. The van der Waals surface area contributed by atoms with Gasteiger partial charge < -0.3 is 10.0 Å². The highest BCUT2D eigenvalue weighted by atomic mass is 16.4. The third-order valence-electron chi connectivity index (χ3n) is 4.26. The monoisotopic (exact) mass is 314 g/mol. The van der Waals surface area contributed by atoms with E-state index in [1.54, 1.807) is 53.2 Å². The van der Waals surface area contributed by atoms with E-state index in [4.69, 9.17) is 0 Å². The van der Waals surface area contributed by atoms with Crippen molar-refractivity contribution in [3.8, 4) is 5.82 Å². The minimum absolute atomic E-state index is 0.238. The topological polar surface area (TPSA) is 88.3 Å². The quantitative estimate of drug-likeness (QED) is 0.929. The van der Waals surface area contributed by atoms with Gasteiger partial charge in [-0.2, -0.15) is 5.10 Å². The van der Waals surface area contributed by atoms with Crippen LogP contribution in [0.25, 0.3) is 5.82 Å². The van der Waals surface area contributed by atoms with Crippen molar-refractivity contribution in [3.63, 3.8) is 0 Å². The lowest BCUT2D eigenvalue weighted by Gasteiger charge is -2.37. The molecule has 0 unspecified atom stereocenters. The Hall–Kier alpha value is -2.70. The van der Waals surface area contributed by atoms with Crippen LogP contribution in [0.15, 0.2) is 36.7 Å². The number of hydrogen-bond donors (Lipinski definition) is 1. The van der Waals surface area contributed by atoms with Crippen LogP contribution in [0.3, 0.4) is 0 Å². The number of nitrogens with zero attached hydrogens (tertiary/aromatic N) is 4. The zero-order valence-electron chi connectivity index (χ0n) is 12.8. The number of aliphatic carboxylic acids is 1. The molecule has 120 valence electrons. The highest BCUT2D eigenvalue weighted by molar-refractivity contribution is 5.93. The van der Waals surface area contributed by atoms with Gasteiger partial charge in [-0.25, -0.2) is 9.67 Å². The van der Waals surface area contributed by atoms with Crippen molar-refractivity contribution in [1.29, 1.82) is 0 Å². The summed E-state index contributed by atoms with van der Waals surface area (Å²) in [6.07, 6.45) is 4.67. The van der Waals surface area contributed by atoms with Crippen LogP contribution in [0.1, 0.15) is 30.3 Å². The largest absolute Gasteiger partial charge is 0.481 e. The summed E-state index contributed by atoms with van der Waals surface area (Å²) in [5.74, 6) is -1.06. The molecule has 2 atom stereocenters. The second-order valence-corrected chi connectivity index (χ2v) is 5.66. The highest BCUT2D eigenvalue weighted by Gasteiger charge is 2.36. The molecule has 0 aromatic carbocycles. The molecule has 0 spiro atoms. The van der Waals surface area contributed by atoms with Crippen LogP contribution in [0.2, 0.25) is 0 Å². The molecule has 1 fully saturated rings. The van der Waals surface area contributed by atoms with Crippen LogP contribution in [0.4, 0.5) is 0 Å². The summed E-state index contributed by atoms with van der Waals surface area (Å²) in [6, 6.07) is 6.60. The third kappa shape index (κ3) is 2.94. The first-order valence-corrected chi connectivity index (χ1v) is 7.59. The molecule has 0 saturated carbocycles. The number of carbonyl (C=O) groups is 2. The Morgan fingerprint density at radius 1 is 1.30 bits per heavy atom. The van der Waals surface area contributed by atoms with E-state index in [0.29, 0.717) is 30.9 Å². The maximum atomic E-state index is 12.7. The van der Waals surface area contributed by atoms with Gasteiger partial charge in [0, 0.05) is 25.0 Å². The van der Waals surface area contributed by atoms with E-state index in [1.165, 1.54) is 0 Å². The van der Waals surface area contributed by atoms with Gasteiger partial charge in [0.05, 0.1) is 5.92 Å². The van der Waals surface area contributed by atoms with E-state index in [-0.39, 0.29) is 11.9 Å². The smallest absolute Gasteiger partial charge is 0.308 e. The van der Waals surface area contributed by atoms with Crippen LogP contribution in [0.5, 0.6) is 0 Å². The fourth-order valence-electron chi connectivity index (χ4n) is 2.98. The van der Waals surface area contributed by atoms with Crippen molar-refractivity contribution in [2.24, 2.45) is 5.92 Å². The Labute approximate surface area is 133 Å². The zero-order valence-corrected chi connectivity index (χ0v) is 12.8. The Balaban J connectivity index is 1.85. The maximum Gasteiger partial charge on any atom is 0.308 e. The van der Waals surface area contributed by atoms with E-state index in [0.717, 1.165) is 0 Å². The Morgan fingerprint density at radius 2 is 2.13 bits per heavy atom. The lowest BCUT2D eigenvalue weighted by atomic mass is 9.90. The van der Waals surface area contributed by atoms with Gasteiger partial charge in [0.25, 0.3) is 5.91 Å². The molecule has 23 heavy (non-hydrogen) atoms. The second-order valence-electron chi connectivity index (χ2n) is 5.66. The van der Waals surface area contributed by atoms with Crippen molar-refractivity contribution < 1.29 is 14.7 Å². The molecule has 3 heterocycles. The summed E-state index contributed by atoms with van der Waals surface area (Å²) < 4.78 is 1.58. The molecule has 0 bridgehead atoms. The van der Waals surface area contributed by atoms with Gasteiger partial charge in [-0.3, -0.25) is 9.59 Å². The molecule has 2 aromatic rings. The Morgan fingerprint density at radius 3 is 2.83 bits per heavy atom. The number of carboxylic acid groups (broad SMARTS) is 1. The molecule has 1 aliphatic heterocycles. The summed E-state index contributed by atoms with van der Waals surface area (Å²) in [6.45, 7) is 2.34. The fourth-order valence-corrected chi connectivity index (χ4v) is 2.98. The average molecular weight is 314 g/mol. The Kier molecular flexibility index (Phi) is 4.10. The number of pyridine rings is 1. The number of hydrogen-bond acceptors (Lipinski definition) is 4. The number of rotatable bonds is 3. The molecule has 3 rings (SSSR count). The molecular formula is C16H18N4O3. The lowest BCUT2D eigenvalue weighted by molar-refractivity contribution is -0.144. The molecular weight excluding hydrogens is 296 g/mol. The van der Waals surface area contributed by atoms with E-state index >= 15 is 0 Å². The summed E-state index contributed by atoms with van der Waals surface area (Å²) in [5, 5.41) is 13.4. The number of aromatic nitrogens is 3. The van der Waals surface area contributed by atoms with Gasteiger partial charge in [0.1, 0.15) is 5.69 Å². The third-order valence-corrected chi connectivity index (χ3v) is 4.26. The first-order chi connectivity index (χ1) is 11.1. The summed E-state index contributed by atoms with van der Waals surface area (Å²) in [5.41, 5.74) is 0.302. The van der Waals surface area contributed by atoms with Crippen LogP contribution in [-0.2, 0) is 4.79 Å². The Bertz CT molecular complexity index is 714. The molecule has 7 heteroatoms. The van der Waals surface area contributed by atoms with Gasteiger partial charge in [-0.15, -0.1) is 0 Å². The van der Waals surface area contributed by atoms with Crippen molar-refractivity contribution in [1.82, 2.24) is 19.7 Å². The van der Waals surface area contributed by atoms with Gasteiger partial charge in [0.2, 0.25) is 0 Å². The molecule has 0 aliphatic carbocycles. The minimum atomic E-state index is -0.853. The predicted molar refractivity (Wildman–Crippen MR) is 82.2 cm³/mol. The van der Waals surface area contributed by atoms with Gasteiger partial charge in [0.15, 0.2) is 5.82 Å². The van der Waals surface area contributed by atoms with Crippen molar-refractivity contribution in [3.05, 3.63) is 42.4 Å². The SMILES string of the molecule is C[C@@H]1[C@H](C(=O)O)CCCN1C(=O)c1cccc(-n2cccn2)n1. The van der Waals surface area contributed by atoms with Gasteiger partial charge in [-0.1, -0.05) is 6.07 Å². The van der Waals surface area contributed by atoms with Crippen LogP contribution in [-0.4, -0.2) is 49.2 Å². The number of carboxylic acids is 1. The van der Waals surface area contributed by atoms with Crippen LogP contribution >= 0.6 is 0 Å². The van der Waals surface area contributed by atoms with Gasteiger partial charge in [-0.05, 0) is 38.0 Å². The zero-order chi connectivity index (χ0) is 16.4. The van der Waals surface area contributed by atoms with Crippen LogP contribution < -0.4 is 0 Å². The lowest BCUT2D eigenvalue weighted by Crippen LogP contribution is -2.49. The van der Waals surface area contributed by atoms with Crippen molar-refractivity contribution in [2.45, 2.75) is 25.8 Å². The van der Waals surface area contributed by atoms with E-state index < -0.39 is 11.9 Å². The molecule has 0 radical (unpaired) electrons. The molecule has 2 aromatic heterocycles. The number of carbonyl (C=O) groups excluding carboxylic acids is 1. The summed E-state index contributed by atoms with van der Waals surface area (Å²) in [4.78, 5) is 30.0. The summed E-state index contributed by atoms with van der Waals surface area (Å²) in [7, 11) is 0. The van der Waals surface area contributed by atoms with E-state index in [9.17, 15) is 14.7 Å². The summed E-state index contributed by atoms with van der Waals surface area (Å²) >= 11 is 0. The molecule has 1 amide bonds. The minimum Gasteiger partial charge on any atom is -0.481 e. The molecule has 7 nitrogen and oxygen atoms in total. The number of likely N-dealkylation sites (tertiary alicyclic amines) is 1. The van der Waals surface area contributed by atoms with Gasteiger partial charge >= 0.3 is 5.97 Å². The molecule has 1 saturated heterocycles. The standard InChI is InChI=1S/C16H18N4O3/c1-11-12(16(22)23)5-3-9-19(11)15(21)13-6-2-7-14(18-13)20-10-4-8-17-20/h2,4,6-8,10-12H,3,5,9H2,1H3,(H,22,23)/t11-,12-/m1/s1. The molecule has 1 N–H and O–H groups in total. The average Bonchev–Trinajstić information content (AvgIpc) is 3.09. The normalized spacial score (nSPS) is 21.2. The fraction of sp³-hybridized carbons (Fsp3) is 0.375. The number of piperidine rings is 1. The van der Waals surface area contributed by atoms with Crippen molar-refractivity contribution in [2.75, 3.05) is 6.54 Å². The maximum absolute atomic E-state index is 12.7. The molecule has 1 aliphatic rings. The first kappa shape index (κ1) is 15.2.